The van der Waals surface area contributed by atoms with Crippen LogP contribution < -0.4 is 0 Å². The highest BCUT2D eigenvalue weighted by molar-refractivity contribution is 7.99. The van der Waals surface area contributed by atoms with Crippen LogP contribution in [0.5, 0.6) is 0 Å². The summed E-state index contributed by atoms with van der Waals surface area (Å²) >= 11 is 3.86. The molecule has 0 spiro atoms. The molecule has 0 fully saturated rings. The van der Waals surface area contributed by atoms with Crippen LogP contribution in [0, 0.1) is 0 Å². The summed E-state index contributed by atoms with van der Waals surface area (Å²) in [6.07, 6.45) is 4.10. The molecule has 0 saturated heterocycles. The molecule has 2 aromatic carbocycles. The number of carboxylic acids is 1. The third-order valence-electron chi connectivity index (χ3n) is 4.08. The minimum Gasteiger partial charge on any atom is -0.481 e. The Morgan fingerprint density at radius 1 is 0.962 bits per heavy atom. The summed E-state index contributed by atoms with van der Waals surface area (Å²) in [5, 5.41) is 9.34. The molecule has 1 N–H and O–H groups in total. The van der Waals surface area contributed by atoms with Gasteiger partial charge < -0.3 is 5.11 Å². The Bertz CT molecular complexity index is 705. The second-order valence-electron chi connectivity index (χ2n) is 6.23. The lowest BCUT2D eigenvalue weighted by Crippen LogP contribution is -2.06. The molecule has 4 heteroatoms. The molecule has 0 amide bonds. The molecule has 26 heavy (non-hydrogen) atoms. The number of carbonyl (C=O) groups is 1. The van der Waals surface area contributed by atoms with Gasteiger partial charge in [0.2, 0.25) is 0 Å². The highest BCUT2D eigenvalue weighted by Gasteiger charge is 2.10. The zero-order valence-corrected chi connectivity index (χ0v) is 16.7. The molecular weight excluding hydrogens is 360 g/mol. The van der Waals surface area contributed by atoms with Crippen molar-refractivity contribution in [1.29, 1.82) is 0 Å². The standard InChI is InChI=1S/C22H28O2S2/c23-22(24)14-8-7-13-21(26-18-20-11-5-2-6-12-20)15-16-25-17-19-9-3-1-4-10-19/h1-6,9-12,21H,7-8,13-18H2,(H,23,24)/i1D,2D. The number of carboxylic acid groups (broad SMARTS) is 1. The van der Waals surface area contributed by atoms with E-state index in [0.717, 1.165) is 42.9 Å². The second-order valence-corrected chi connectivity index (χ2v) is 8.62. The minimum absolute atomic E-state index is 0.253. The Morgan fingerprint density at radius 3 is 2.19 bits per heavy atom. The number of hydrogen-bond acceptors (Lipinski definition) is 3. The van der Waals surface area contributed by atoms with Crippen molar-refractivity contribution in [1.82, 2.24) is 0 Å². The minimum atomic E-state index is -0.714. The van der Waals surface area contributed by atoms with Crippen LogP contribution in [0.1, 0.15) is 46.0 Å². The highest BCUT2D eigenvalue weighted by atomic mass is 32.2. The number of hydrogen-bond donors (Lipinski definition) is 1. The van der Waals surface area contributed by atoms with Crippen LogP contribution in [0.25, 0.3) is 0 Å². The van der Waals surface area contributed by atoms with Gasteiger partial charge in [-0.15, -0.1) is 0 Å². The lowest BCUT2D eigenvalue weighted by molar-refractivity contribution is -0.137. The van der Waals surface area contributed by atoms with E-state index in [2.05, 4.69) is 0 Å². The molecular formula is C22H28O2S2. The van der Waals surface area contributed by atoms with Gasteiger partial charge in [0.1, 0.15) is 0 Å². The first kappa shape index (κ1) is 18.0. The molecule has 2 aromatic rings. The van der Waals surface area contributed by atoms with Crippen LogP contribution in [0.2, 0.25) is 0 Å². The van der Waals surface area contributed by atoms with Crippen molar-refractivity contribution in [2.24, 2.45) is 0 Å². The molecule has 1 atom stereocenters. The first-order valence-corrected chi connectivity index (χ1v) is 11.3. The number of thioether (sulfide) groups is 2. The molecule has 0 saturated carbocycles. The van der Waals surface area contributed by atoms with Gasteiger partial charge in [-0.2, -0.15) is 23.5 Å². The van der Waals surface area contributed by atoms with E-state index in [-0.39, 0.29) is 6.42 Å². The van der Waals surface area contributed by atoms with Crippen molar-refractivity contribution in [3.63, 3.8) is 0 Å². The van der Waals surface area contributed by atoms with Gasteiger partial charge in [-0.25, -0.2) is 0 Å². The van der Waals surface area contributed by atoms with Crippen LogP contribution in [-0.2, 0) is 16.3 Å². The lowest BCUT2D eigenvalue weighted by atomic mass is 10.1. The van der Waals surface area contributed by atoms with E-state index in [4.69, 9.17) is 7.85 Å². The van der Waals surface area contributed by atoms with Crippen LogP contribution in [0.4, 0.5) is 0 Å². The van der Waals surface area contributed by atoms with Crippen LogP contribution in [0.3, 0.4) is 0 Å². The molecule has 0 aromatic heterocycles. The number of rotatable bonds is 13. The summed E-state index contributed by atoms with van der Waals surface area (Å²) in [5.41, 5.74) is 2.49. The van der Waals surface area contributed by atoms with Crippen molar-refractivity contribution in [3.05, 3.63) is 71.7 Å². The average molecular weight is 391 g/mol. The Morgan fingerprint density at radius 2 is 1.58 bits per heavy atom. The topological polar surface area (TPSA) is 37.3 Å². The SMILES string of the molecule is [2H]c1ccc(CSCCC(CCCCC(=O)O)SCc2ccc([2H])cc2)cc1. The molecule has 0 aliphatic carbocycles. The predicted octanol–water partition coefficient (Wildman–Crippen LogP) is 6.26. The van der Waals surface area contributed by atoms with Gasteiger partial charge in [0.15, 0.2) is 0 Å². The molecule has 2 nitrogen and oxygen atoms in total. The molecule has 140 valence electrons. The fourth-order valence-electron chi connectivity index (χ4n) is 2.61. The smallest absolute Gasteiger partial charge is 0.303 e. The third-order valence-corrected chi connectivity index (χ3v) is 6.58. The summed E-state index contributed by atoms with van der Waals surface area (Å²) in [7, 11) is 0. The molecule has 0 aliphatic heterocycles. The van der Waals surface area contributed by atoms with Gasteiger partial charge in [-0.3, -0.25) is 4.79 Å². The van der Waals surface area contributed by atoms with Gasteiger partial charge in [-0.05, 0) is 36.1 Å². The zero-order valence-electron chi connectivity index (χ0n) is 17.0. The van der Waals surface area contributed by atoms with E-state index >= 15 is 0 Å². The van der Waals surface area contributed by atoms with Crippen LogP contribution in [0.15, 0.2) is 60.6 Å². The molecule has 0 radical (unpaired) electrons. The lowest BCUT2D eigenvalue weighted by Gasteiger charge is -2.16. The quantitative estimate of drug-likeness (QED) is 0.410. The van der Waals surface area contributed by atoms with Crippen molar-refractivity contribution in [2.75, 3.05) is 5.75 Å². The van der Waals surface area contributed by atoms with Crippen molar-refractivity contribution in [3.8, 4) is 0 Å². The first-order chi connectivity index (χ1) is 13.5. The zero-order chi connectivity index (χ0) is 20.2. The van der Waals surface area contributed by atoms with E-state index in [1.807, 2.05) is 72.1 Å². The first-order valence-electron chi connectivity index (χ1n) is 10.0. The third kappa shape index (κ3) is 9.35. The second kappa shape index (κ2) is 12.9. The Kier molecular flexibility index (Phi) is 8.92. The molecule has 0 bridgehead atoms. The van der Waals surface area contributed by atoms with E-state index in [1.165, 1.54) is 11.1 Å². The largest absolute Gasteiger partial charge is 0.481 e. The van der Waals surface area contributed by atoms with Crippen molar-refractivity contribution in [2.45, 2.75) is 48.9 Å². The highest BCUT2D eigenvalue weighted by Crippen LogP contribution is 2.27. The molecule has 0 heterocycles. The molecule has 1 unspecified atom stereocenters. The van der Waals surface area contributed by atoms with Crippen molar-refractivity contribution < 1.29 is 12.6 Å². The number of benzene rings is 2. The fourth-order valence-corrected chi connectivity index (χ4v) is 5.02. The summed E-state index contributed by atoms with van der Waals surface area (Å²) in [6, 6.07) is 16.5. The maximum atomic E-state index is 10.7. The van der Waals surface area contributed by atoms with Gasteiger partial charge in [0.25, 0.3) is 0 Å². The van der Waals surface area contributed by atoms with Crippen molar-refractivity contribution >= 4 is 29.5 Å². The Hall–Kier alpha value is -1.39. The Balaban J connectivity index is 1.75. The van der Waals surface area contributed by atoms with Crippen LogP contribution >= 0.6 is 23.5 Å². The summed E-state index contributed by atoms with van der Waals surface area (Å²) in [4.78, 5) is 10.7. The van der Waals surface area contributed by atoms with Gasteiger partial charge in [0.05, 0.1) is 2.74 Å². The monoisotopic (exact) mass is 390 g/mol. The maximum Gasteiger partial charge on any atom is 0.303 e. The van der Waals surface area contributed by atoms with Gasteiger partial charge >= 0.3 is 5.97 Å². The van der Waals surface area contributed by atoms with E-state index < -0.39 is 5.97 Å². The fraction of sp³-hybridized carbons (Fsp3) is 0.409. The number of aliphatic carboxylic acids is 1. The Labute approximate surface area is 168 Å². The summed E-state index contributed by atoms with van der Waals surface area (Å²) < 4.78 is 15.1. The van der Waals surface area contributed by atoms with E-state index in [1.54, 1.807) is 0 Å². The predicted molar refractivity (Wildman–Crippen MR) is 115 cm³/mol. The average Bonchev–Trinajstić information content (AvgIpc) is 2.68. The normalized spacial score (nSPS) is 13.1. The van der Waals surface area contributed by atoms with Crippen LogP contribution in [-0.4, -0.2) is 22.1 Å². The summed E-state index contributed by atoms with van der Waals surface area (Å²) in [6.45, 7) is 0. The van der Waals surface area contributed by atoms with Gasteiger partial charge in [0, 0.05) is 23.2 Å². The maximum absolute atomic E-state index is 10.7. The molecule has 0 aliphatic rings. The van der Waals surface area contributed by atoms with Gasteiger partial charge in [-0.1, -0.05) is 67.0 Å². The summed E-state index contributed by atoms with van der Waals surface area (Å²) in [5.74, 6) is 2.25. The van der Waals surface area contributed by atoms with E-state index in [9.17, 15) is 4.79 Å². The van der Waals surface area contributed by atoms with E-state index in [0.29, 0.717) is 17.3 Å². The number of unbranched alkanes of at least 4 members (excludes halogenated alkanes) is 1. The molecule has 2 rings (SSSR count).